The molecular formula is C24H16Cl2N4O2S. The van der Waals surface area contributed by atoms with Crippen LogP contribution in [-0.2, 0) is 12.3 Å². The van der Waals surface area contributed by atoms with Gasteiger partial charge in [-0.2, -0.15) is 4.98 Å². The van der Waals surface area contributed by atoms with Crippen LogP contribution in [0.3, 0.4) is 0 Å². The molecule has 164 valence electrons. The fraction of sp³-hybridized carbons (Fsp3) is 0.0833. The van der Waals surface area contributed by atoms with Gasteiger partial charge in [-0.15, -0.1) is 0 Å². The minimum absolute atomic E-state index is 0.108. The minimum atomic E-state index is -0.108. The van der Waals surface area contributed by atoms with Gasteiger partial charge in [0.1, 0.15) is 0 Å². The molecule has 0 saturated heterocycles. The van der Waals surface area contributed by atoms with E-state index in [2.05, 4.69) is 10.1 Å². The van der Waals surface area contributed by atoms with Crippen molar-refractivity contribution in [2.24, 2.45) is 0 Å². The average molecular weight is 495 g/mol. The predicted molar refractivity (Wildman–Crippen MR) is 131 cm³/mol. The van der Waals surface area contributed by atoms with E-state index in [4.69, 9.17) is 32.7 Å². The number of hydrogen-bond donors (Lipinski definition) is 0. The molecule has 2 heterocycles. The van der Waals surface area contributed by atoms with Crippen molar-refractivity contribution in [3.63, 3.8) is 0 Å². The molecule has 0 aliphatic rings. The van der Waals surface area contributed by atoms with Crippen LogP contribution in [0.15, 0.2) is 87.3 Å². The molecule has 0 fully saturated rings. The molecule has 2 aromatic heterocycles. The molecule has 0 aliphatic heterocycles. The highest BCUT2D eigenvalue weighted by Gasteiger charge is 2.15. The SMILES string of the molecule is O=c1c2ccccc2nc(SCc2nc(-c3cccc(Cl)c3)no2)n1Cc1ccc(Cl)cc1. The summed E-state index contributed by atoms with van der Waals surface area (Å²) in [6, 6.07) is 22.0. The molecule has 0 N–H and O–H groups in total. The van der Waals surface area contributed by atoms with Crippen LogP contribution in [0.1, 0.15) is 11.5 Å². The van der Waals surface area contributed by atoms with Gasteiger partial charge in [-0.25, -0.2) is 4.98 Å². The summed E-state index contributed by atoms with van der Waals surface area (Å²) in [5.74, 6) is 1.24. The van der Waals surface area contributed by atoms with Gasteiger partial charge in [-0.3, -0.25) is 9.36 Å². The van der Waals surface area contributed by atoms with Crippen molar-refractivity contribution >= 4 is 45.9 Å². The quantitative estimate of drug-likeness (QED) is 0.210. The van der Waals surface area contributed by atoms with Gasteiger partial charge in [-0.1, -0.05) is 76.5 Å². The van der Waals surface area contributed by atoms with E-state index in [0.717, 1.165) is 11.1 Å². The van der Waals surface area contributed by atoms with Gasteiger partial charge in [0.15, 0.2) is 5.16 Å². The van der Waals surface area contributed by atoms with E-state index in [-0.39, 0.29) is 5.56 Å². The number of para-hydroxylation sites is 1. The Balaban J connectivity index is 1.46. The van der Waals surface area contributed by atoms with E-state index >= 15 is 0 Å². The standard InChI is InChI=1S/C24H16Cl2N4O2S/c25-17-10-8-15(9-11-17)13-30-23(31)19-6-1-2-7-20(19)27-24(30)33-14-21-28-22(29-32-21)16-4-3-5-18(26)12-16/h1-12H,13-14H2. The molecule has 0 saturated carbocycles. The maximum atomic E-state index is 13.3. The van der Waals surface area contributed by atoms with Crippen molar-refractivity contribution in [2.75, 3.05) is 0 Å². The number of benzene rings is 3. The second kappa shape index (κ2) is 9.39. The lowest BCUT2D eigenvalue weighted by molar-refractivity contribution is 0.391. The van der Waals surface area contributed by atoms with Gasteiger partial charge in [0.2, 0.25) is 11.7 Å². The second-order valence-electron chi connectivity index (χ2n) is 7.24. The smallest absolute Gasteiger partial charge is 0.262 e. The number of rotatable bonds is 6. The zero-order chi connectivity index (χ0) is 22.8. The van der Waals surface area contributed by atoms with Crippen LogP contribution in [0.4, 0.5) is 0 Å². The largest absolute Gasteiger partial charge is 0.338 e. The Morgan fingerprint density at radius 3 is 2.55 bits per heavy atom. The van der Waals surface area contributed by atoms with E-state index in [1.807, 2.05) is 42.5 Å². The van der Waals surface area contributed by atoms with E-state index in [9.17, 15) is 4.79 Å². The summed E-state index contributed by atoms with van der Waals surface area (Å²) >= 11 is 13.4. The monoisotopic (exact) mass is 494 g/mol. The van der Waals surface area contributed by atoms with Crippen LogP contribution >= 0.6 is 35.0 Å². The van der Waals surface area contributed by atoms with E-state index in [1.165, 1.54) is 11.8 Å². The van der Waals surface area contributed by atoms with Crippen LogP contribution < -0.4 is 5.56 Å². The molecule has 9 heteroatoms. The Hall–Kier alpha value is -3.13. The van der Waals surface area contributed by atoms with Crippen LogP contribution in [-0.4, -0.2) is 19.7 Å². The van der Waals surface area contributed by atoms with Crippen LogP contribution in [0.2, 0.25) is 10.0 Å². The molecular weight excluding hydrogens is 479 g/mol. The molecule has 0 spiro atoms. The summed E-state index contributed by atoms with van der Waals surface area (Å²) in [5.41, 5.74) is 2.25. The number of hydrogen-bond acceptors (Lipinski definition) is 6. The van der Waals surface area contributed by atoms with Gasteiger partial charge < -0.3 is 4.52 Å². The molecule has 5 rings (SSSR count). The van der Waals surface area contributed by atoms with E-state index in [1.54, 1.807) is 34.9 Å². The number of aromatic nitrogens is 4. The second-order valence-corrected chi connectivity index (χ2v) is 9.06. The maximum Gasteiger partial charge on any atom is 0.262 e. The molecule has 33 heavy (non-hydrogen) atoms. The predicted octanol–water partition coefficient (Wildman–Crippen LogP) is 6.09. The van der Waals surface area contributed by atoms with Gasteiger partial charge >= 0.3 is 0 Å². The number of nitrogens with zero attached hydrogens (tertiary/aromatic N) is 4. The fourth-order valence-corrected chi connectivity index (χ4v) is 4.51. The third-order valence-electron chi connectivity index (χ3n) is 4.96. The van der Waals surface area contributed by atoms with Gasteiger partial charge in [-0.05, 0) is 42.0 Å². The summed E-state index contributed by atoms with van der Waals surface area (Å²) < 4.78 is 7.07. The van der Waals surface area contributed by atoms with Crippen molar-refractivity contribution in [1.82, 2.24) is 19.7 Å². The number of fused-ring (bicyclic) bond motifs is 1. The highest BCUT2D eigenvalue weighted by Crippen LogP contribution is 2.25. The molecule has 0 aliphatic carbocycles. The molecule has 0 unspecified atom stereocenters. The summed E-state index contributed by atoms with van der Waals surface area (Å²) in [7, 11) is 0. The first-order valence-corrected chi connectivity index (χ1v) is 11.8. The zero-order valence-electron chi connectivity index (χ0n) is 17.1. The first-order chi connectivity index (χ1) is 16.1. The zero-order valence-corrected chi connectivity index (χ0v) is 19.4. The highest BCUT2D eigenvalue weighted by molar-refractivity contribution is 7.98. The lowest BCUT2D eigenvalue weighted by atomic mass is 10.2. The maximum absolute atomic E-state index is 13.3. The van der Waals surface area contributed by atoms with E-state index < -0.39 is 0 Å². The Morgan fingerprint density at radius 2 is 1.73 bits per heavy atom. The van der Waals surface area contributed by atoms with Crippen LogP contribution in [0.25, 0.3) is 22.3 Å². The first kappa shape index (κ1) is 21.7. The fourth-order valence-electron chi connectivity index (χ4n) is 3.35. The Morgan fingerprint density at radius 1 is 0.909 bits per heavy atom. The lowest BCUT2D eigenvalue weighted by Crippen LogP contribution is -2.24. The molecule has 0 bridgehead atoms. The van der Waals surface area contributed by atoms with Crippen molar-refractivity contribution < 1.29 is 4.52 Å². The van der Waals surface area contributed by atoms with Crippen molar-refractivity contribution in [1.29, 1.82) is 0 Å². The van der Waals surface area contributed by atoms with Crippen LogP contribution in [0, 0.1) is 0 Å². The van der Waals surface area contributed by atoms with E-state index in [0.29, 0.717) is 50.1 Å². The van der Waals surface area contributed by atoms with Crippen molar-refractivity contribution in [3.8, 4) is 11.4 Å². The average Bonchev–Trinajstić information content (AvgIpc) is 3.30. The Kier molecular flexibility index (Phi) is 6.17. The Labute approximate surface area is 203 Å². The third-order valence-corrected chi connectivity index (χ3v) is 6.40. The molecule has 6 nitrogen and oxygen atoms in total. The van der Waals surface area contributed by atoms with Crippen molar-refractivity contribution in [3.05, 3.63) is 105 Å². The summed E-state index contributed by atoms with van der Waals surface area (Å²) in [6.45, 7) is 0.369. The molecule has 0 radical (unpaired) electrons. The molecule has 3 aromatic carbocycles. The molecule has 5 aromatic rings. The normalized spacial score (nSPS) is 11.2. The van der Waals surface area contributed by atoms with Crippen molar-refractivity contribution in [2.45, 2.75) is 17.5 Å². The van der Waals surface area contributed by atoms with Gasteiger partial charge in [0, 0.05) is 15.6 Å². The third kappa shape index (κ3) is 4.80. The summed E-state index contributed by atoms with van der Waals surface area (Å²) in [6.07, 6.45) is 0. The number of halogens is 2. The van der Waals surface area contributed by atoms with Gasteiger partial charge in [0.05, 0.1) is 23.2 Å². The molecule has 0 atom stereocenters. The highest BCUT2D eigenvalue weighted by atomic mass is 35.5. The van der Waals surface area contributed by atoms with Crippen LogP contribution in [0.5, 0.6) is 0 Å². The Bertz CT molecular complexity index is 1500. The number of thioether (sulfide) groups is 1. The summed E-state index contributed by atoms with van der Waals surface area (Å²) in [5, 5.41) is 6.42. The van der Waals surface area contributed by atoms with Gasteiger partial charge in [0.25, 0.3) is 5.56 Å². The minimum Gasteiger partial charge on any atom is -0.338 e. The molecule has 0 amide bonds. The topological polar surface area (TPSA) is 73.8 Å². The first-order valence-electron chi connectivity index (χ1n) is 10.0. The lowest BCUT2D eigenvalue weighted by Gasteiger charge is -2.13. The summed E-state index contributed by atoms with van der Waals surface area (Å²) in [4.78, 5) is 22.5.